The van der Waals surface area contributed by atoms with Crippen molar-refractivity contribution in [3.63, 3.8) is 0 Å². The van der Waals surface area contributed by atoms with Gasteiger partial charge in [0.1, 0.15) is 11.8 Å². The average Bonchev–Trinajstić information content (AvgIpc) is 2.42. The van der Waals surface area contributed by atoms with Crippen molar-refractivity contribution in [3.05, 3.63) is 42.0 Å². The third-order valence-corrected chi connectivity index (χ3v) is 3.68. The fourth-order valence-corrected chi connectivity index (χ4v) is 2.51. The number of fused-ring (bicyclic) bond motifs is 1. The van der Waals surface area contributed by atoms with Gasteiger partial charge < -0.3 is 10.2 Å². The number of aryl methyl sites for hydroxylation is 1. The van der Waals surface area contributed by atoms with Crippen LogP contribution in [-0.4, -0.2) is 22.2 Å². The summed E-state index contributed by atoms with van der Waals surface area (Å²) in [5.41, 5.74) is 1.03. The molecule has 0 fully saturated rings. The fraction of sp³-hybridized carbons (Fsp3) is 0.214. The maximum absolute atomic E-state index is 10.9. The van der Waals surface area contributed by atoms with Gasteiger partial charge in [-0.15, -0.1) is 0 Å². The summed E-state index contributed by atoms with van der Waals surface area (Å²) in [4.78, 5) is 10.9. The van der Waals surface area contributed by atoms with Gasteiger partial charge in [-0.1, -0.05) is 30.3 Å². The Labute approximate surface area is 119 Å². The quantitative estimate of drug-likeness (QED) is 0.740. The summed E-state index contributed by atoms with van der Waals surface area (Å²) in [6.45, 7) is 0. The number of hydrogen-bond donors (Lipinski definition) is 3. The number of benzene rings is 2. The number of aromatic hydroxyl groups is 1. The van der Waals surface area contributed by atoms with E-state index in [0.29, 0.717) is 12.8 Å². The molecule has 0 aliphatic rings. The topological polar surface area (TPSA) is 69.6 Å². The van der Waals surface area contributed by atoms with E-state index < -0.39 is 12.0 Å². The molecule has 0 unspecified atom stereocenters. The third-order valence-electron chi connectivity index (χ3n) is 3.12. The molecule has 0 aliphatic carbocycles. The molecule has 0 saturated heterocycles. The molecular formula is C14H14BrNO3. The highest BCUT2D eigenvalue weighted by Gasteiger charge is 2.16. The van der Waals surface area contributed by atoms with E-state index in [2.05, 4.69) is 20.5 Å². The number of hydrogen-bond acceptors (Lipinski definition) is 3. The molecule has 0 radical (unpaired) electrons. The van der Waals surface area contributed by atoms with Gasteiger partial charge in [-0.3, -0.25) is 4.79 Å². The molecule has 4 nitrogen and oxygen atoms in total. The fourth-order valence-electron chi connectivity index (χ4n) is 2.09. The highest BCUT2D eigenvalue weighted by Crippen LogP contribution is 2.28. The summed E-state index contributed by atoms with van der Waals surface area (Å²) in [6.07, 6.45) is 1.09. The van der Waals surface area contributed by atoms with Crippen LogP contribution < -0.4 is 4.34 Å². The minimum absolute atomic E-state index is 0.243. The first-order chi connectivity index (χ1) is 9.13. The molecule has 0 spiro atoms. The molecule has 5 heteroatoms. The Morgan fingerprint density at radius 2 is 1.89 bits per heavy atom. The second-order valence-electron chi connectivity index (χ2n) is 4.33. The van der Waals surface area contributed by atoms with Crippen LogP contribution in [0.1, 0.15) is 12.0 Å². The zero-order valence-corrected chi connectivity index (χ0v) is 11.7. The summed E-state index contributed by atoms with van der Waals surface area (Å²) in [5, 5.41) is 20.5. The Morgan fingerprint density at radius 1 is 1.21 bits per heavy atom. The number of halogens is 1. The van der Waals surface area contributed by atoms with Crippen molar-refractivity contribution in [1.29, 1.82) is 0 Å². The summed E-state index contributed by atoms with van der Waals surface area (Å²) in [6, 6.07) is 10.4. The Bertz CT molecular complexity index is 600. The van der Waals surface area contributed by atoms with Crippen LogP contribution in [0.15, 0.2) is 36.4 Å². The van der Waals surface area contributed by atoms with Crippen molar-refractivity contribution < 1.29 is 15.0 Å². The molecule has 2 rings (SSSR count). The van der Waals surface area contributed by atoms with Gasteiger partial charge >= 0.3 is 5.97 Å². The van der Waals surface area contributed by atoms with E-state index in [1.807, 2.05) is 30.3 Å². The maximum Gasteiger partial charge on any atom is 0.321 e. The van der Waals surface area contributed by atoms with E-state index in [0.717, 1.165) is 16.3 Å². The van der Waals surface area contributed by atoms with Gasteiger partial charge in [-0.25, -0.2) is 4.34 Å². The van der Waals surface area contributed by atoms with E-state index in [1.54, 1.807) is 6.07 Å². The molecule has 100 valence electrons. The number of phenols is 1. The molecule has 1 atom stereocenters. The van der Waals surface area contributed by atoms with E-state index in [9.17, 15) is 9.90 Å². The second kappa shape index (κ2) is 6.04. The molecule has 19 heavy (non-hydrogen) atoms. The first-order valence-electron chi connectivity index (χ1n) is 5.92. The molecule has 0 amide bonds. The maximum atomic E-state index is 10.9. The first kappa shape index (κ1) is 13.8. The lowest BCUT2D eigenvalue weighted by molar-refractivity contribution is -0.139. The molecule has 0 heterocycles. The van der Waals surface area contributed by atoms with Crippen LogP contribution in [0.2, 0.25) is 0 Å². The Kier molecular flexibility index (Phi) is 4.39. The van der Waals surface area contributed by atoms with E-state index >= 15 is 0 Å². The predicted molar refractivity (Wildman–Crippen MR) is 77.4 cm³/mol. The van der Waals surface area contributed by atoms with Crippen LogP contribution in [-0.2, 0) is 11.2 Å². The minimum atomic E-state index is -0.889. The van der Waals surface area contributed by atoms with Crippen molar-refractivity contribution in [2.75, 3.05) is 0 Å². The molecule has 0 aromatic heterocycles. The zero-order chi connectivity index (χ0) is 13.8. The monoisotopic (exact) mass is 323 g/mol. The van der Waals surface area contributed by atoms with Gasteiger partial charge in [0, 0.05) is 21.5 Å². The largest absolute Gasteiger partial charge is 0.507 e. The zero-order valence-electron chi connectivity index (χ0n) is 10.1. The van der Waals surface area contributed by atoms with E-state index in [4.69, 9.17) is 5.11 Å². The number of carboxylic acids is 1. The Hall–Kier alpha value is -1.59. The average molecular weight is 324 g/mol. The highest BCUT2D eigenvalue weighted by molar-refractivity contribution is 9.08. The van der Waals surface area contributed by atoms with Crippen LogP contribution in [0, 0.1) is 0 Å². The summed E-state index contributed by atoms with van der Waals surface area (Å²) in [5.74, 6) is -0.646. The highest BCUT2D eigenvalue weighted by atomic mass is 79.9. The standard InChI is InChI=1S/C14H14BrNO3/c15-16-12(14(18)19)7-5-9-6-8-13(17)11-4-2-1-3-10(9)11/h1-4,6,8,12,16-17H,5,7H2,(H,18,19)/t12-/m0/s1. The lowest BCUT2D eigenvalue weighted by atomic mass is 9.98. The summed E-state index contributed by atoms with van der Waals surface area (Å²) < 4.78 is 2.59. The second-order valence-corrected chi connectivity index (χ2v) is 4.79. The van der Waals surface area contributed by atoms with Crippen molar-refractivity contribution in [1.82, 2.24) is 4.34 Å². The number of carbonyl (C=O) groups is 1. The number of phenolic OH excluding ortho intramolecular Hbond substituents is 1. The number of nitrogens with one attached hydrogen (secondary N) is 1. The molecule has 0 saturated carbocycles. The van der Waals surface area contributed by atoms with Crippen molar-refractivity contribution >= 4 is 32.9 Å². The lowest BCUT2D eigenvalue weighted by Gasteiger charge is -2.12. The van der Waals surface area contributed by atoms with Gasteiger partial charge in [-0.05, 0) is 29.9 Å². The molecule has 2 aromatic carbocycles. The van der Waals surface area contributed by atoms with Crippen molar-refractivity contribution in [2.24, 2.45) is 0 Å². The first-order valence-corrected chi connectivity index (χ1v) is 6.71. The van der Waals surface area contributed by atoms with Gasteiger partial charge in [0.2, 0.25) is 0 Å². The van der Waals surface area contributed by atoms with E-state index in [1.165, 1.54) is 0 Å². The minimum Gasteiger partial charge on any atom is -0.507 e. The van der Waals surface area contributed by atoms with Crippen molar-refractivity contribution in [2.45, 2.75) is 18.9 Å². The number of aliphatic carboxylic acids is 1. The molecule has 0 bridgehead atoms. The van der Waals surface area contributed by atoms with Crippen LogP contribution in [0.5, 0.6) is 5.75 Å². The Balaban J connectivity index is 2.26. The van der Waals surface area contributed by atoms with Crippen LogP contribution in [0.4, 0.5) is 0 Å². The van der Waals surface area contributed by atoms with Gasteiger partial charge in [0.05, 0.1) is 0 Å². The van der Waals surface area contributed by atoms with Gasteiger partial charge in [0.25, 0.3) is 0 Å². The van der Waals surface area contributed by atoms with Gasteiger partial charge in [0.15, 0.2) is 0 Å². The van der Waals surface area contributed by atoms with E-state index in [-0.39, 0.29) is 5.75 Å². The molecule has 2 aromatic rings. The Morgan fingerprint density at radius 3 is 2.53 bits per heavy atom. The smallest absolute Gasteiger partial charge is 0.321 e. The summed E-state index contributed by atoms with van der Waals surface area (Å²) >= 11 is 2.98. The number of rotatable bonds is 5. The number of carboxylic acid groups (broad SMARTS) is 1. The third kappa shape index (κ3) is 3.05. The van der Waals surface area contributed by atoms with Gasteiger partial charge in [-0.2, -0.15) is 0 Å². The molecular weight excluding hydrogens is 310 g/mol. The van der Waals surface area contributed by atoms with Crippen LogP contribution in [0.25, 0.3) is 10.8 Å². The SMILES string of the molecule is O=C(O)[C@H](CCc1ccc(O)c2ccccc12)NBr. The summed E-state index contributed by atoms with van der Waals surface area (Å²) in [7, 11) is 0. The normalized spacial score (nSPS) is 12.5. The predicted octanol–water partition coefficient (Wildman–Crippen LogP) is 2.83. The van der Waals surface area contributed by atoms with Crippen LogP contribution in [0.3, 0.4) is 0 Å². The van der Waals surface area contributed by atoms with Crippen LogP contribution >= 0.6 is 16.1 Å². The lowest BCUT2D eigenvalue weighted by Crippen LogP contribution is -2.30. The molecule has 0 aliphatic heterocycles. The molecule has 3 N–H and O–H groups in total. The van der Waals surface area contributed by atoms with Crippen molar-refractivity contribution in [3.8, 4) is 5.75 Å².